The fourth-order valence-electron chi connectivity index (χ4n) is 1.49. The SMILES string of the molecule is CCC(N)CCCc1cc(Cl)ccc1Cl. The Morgan fingerprint density at radius 3 is 2.73 bits per heavy atom. The van der Waals surface area contributed by atoms with E-state index < -0.39 is 0 Å². The maximum atomic E-state index is 6.06. The predicted molar refractivity (Wildman–Crippen MR) is 67.7 cm³/mol. The Bertz CT molecular complexity index is 312. The van der Waals surface area contributed by atoms with Crippen LogP contribution in [0.1, 0.15) is 31.7 Å². The van der Waals surface area contributed by atoms with E-state index in [0.717, 1.165) is 41.3 Å². The van der Waals surface area contributed by atoms with E-state index in [1.807, 2.05) is 18.2 Å². The molecule has 0 fully saturated rings. The van der Waals surface area contributed by atoms with Gasteiger partial charge in [-0.25, -0.2) is 0 Å². The molecule has 1 unspecified atom stereocenters. The molecular weight excluding hydrogens is 229 g/mol. The average molecular weight is 246 g/mol. The minimum atomic E-state index is 0.308. The molecule has 15 heavy (non-hydrogen) atoms. The van der Waals surface area contributed by atoms with Gasteiger partial charge in [0, 0.05) is 16.1 Å². The normalized spacial score (nSPS) is 12.8. The first-order valence-electron chi connectivity index (χ1n) is 5.33. The Kier molecular flexibility index (Phi) is 5.44. The zero-order valence-corrected chi connectivity index (χ0v) is 10.5. The third kappa shape index (κ3) is 4.42. The van der Waals surface area contributed by atoms with Gasteiger partial charge in [-0.1, -0.05) is 30.1 Å². The van der Waals surface area contributed by atoms with Gasteiger partial charge in [0.1, 0.15) is 0 Å². The van der Waals surface area contributed by atoms with E-state index in [9.17, 15) is 0 Å². The second kappa shape index (κ2) is 6.37. The van der Waals surface area contributed by atoms with Crippen molar-refractivity contribution in [1.29, 1.82) is 0 Å². The van der Waals surface area contributed by atoms with Crippen LogP contribution in [0.5, 0.6) is 0 Å². The molecule has 0 saturated carbocycles. The highest BCUT2D eigenvalue weighted by Crippen LogP contribution is 2.22. The summed E-state index contributed by atoms with van der Waals surface area (Å²) in [6.07, 6.45) is 4.09. The minimum Gasteiger partial charge on any atom is -0.328 e. The molecule has 1 aromatic rings. The summed E-state index contributed by atoms with van der Waals surface area (Å²) in [4.78, 5) is 0. The lowest BCUT2D eigenvalue weighted by atomic mass is 10.0. The van der Waals surface area contributed by atoms with E-state index >= 15 is 0 Å². The van der Waals surface area contributed by atoms with Crippen molar-refractivity contribution in [3.8, 4) is 0 Å². The first kappa shape index (κ1) is 12.8. The molecule has 2 N–H and O–H groups in total. The van der Waals surface area contributed by atoms with Crippen LogP contribution in [0.25, 0.3) is 0 Å². The van der Waals surface area contributed by atoms with Crippen molar-refractivity contribution in [3.05, 3.63) is 33.8 Å². The topological polar surface area (TPSA) is 26.0 Å². The second-order valence-corrected chi connectivity index (χ2v) is 4.64. The number of halogens is 2. The van der Waals surface area contributed by atoms with E-state index in [1.54, 1.807) is 0 Å². The summed E-state index contributed by atoms with van der Waals surface area (Å²) in [6.45, 7) is 2.11. The van der Waals surface area contributed by atoms with E-state index in [1.165, 1.54) is 0 Å². The molecular formula is C12H17Cl2N. The van der Waals surface area contributed by atoms with E-state index in [2.05, 4.69) is 6.92 Å². The van der Waals surface area contributed by atoms with Crippen LogP contribution in [-0.2, 0) is 6.42 Å². The Balaban J connectivity index is 2.46. The van der Waals surface area contributed by atoms with Gasteiger partial charge in [-0.05, 0) is 49.4 Å². The van der Waals surface area contributed by atoms with Crippen molar-refractivity contribution in [3.63, 3.8) is 0 Å². The molecule has 0 aliphatic rings. The van der Waals surface area contributed by atoms with Crippen molar-refractivity contribution in [2.75, 3.05) is 0 Å². The van der Waals surface area contributed by atoms with Crippen molar-refractivity contribution in [1.82, 2.24) is 0 Å². The molecule has 0 spiro atoms. The molecule has 3 heteroatoms. The molecule has 0 aliphatic carbocycles. The molecule has 84 valence electrons. The van der Waals surface area contributed by atoms with Gasteiger partial charge in [0.25, 0.3) is 0 Å². The Labute approximate surface area is 102 Å². The predicted octanol–water partition coefficient (Wildman–Crippen LogP) is 4.05. The molecule has 0 aromatic heterocycles. The smallest absolute Gasteiger partial charge is 0.0439 e. The van der Waals surface area contributed by atoms with Gasteiger partial charge in [0.2, 0.25) is 0 Å². The van der Waals surface area contributed by atoms with Crippen LogP contribution in [0, 0.1) is 0 Å². The Morgan fingerprint density at radius 1 is 1.33 bits per heavy atom. The van der Waals surface area contributed by atoms with Crippen molar-refractivity contribution in [2.24, 2.45) is 5.73 Å². The minimum absolute atomic E-state index is 0.308. The van der Waals surface area contributed by atoms with Crippen LogP contribution in [0.15, 0.2) is 18.2 Å². The summed E-state index contributed by atoms with van der Waals surface area (Å²) in [6, 6.07) is 5.90. The highest BCUT2D eigenvalue weighted by Gasteiger charge is 2.03. The van der Waals surface area contributed by atoms with E-state index in [-0.39, 0.29) is 0 Å². The van der Waals surface area contributed by atoms with Crippen LogP contribution in [0.3, 0.4) is 0 Å². The van der Waals surface area contributed by atoms with Crippen LogP contribution in [0.2, 0.25) is 10.0 Å². The van der Waals surface area contributed by atoms with Crippen LogP contribution in [-0.4, -0.2) is 6.04 Å². The number of hydrogen-bond acceptors (Lipinski definition) is 1. The molecule has 0 heterocycles. The standard InChI is InChI=1S/C12H17Cl2N/c1-2-11(15)5-3-4-9-8-10(13)6-7-12(9)14/h6-8,11H,2-5,15H2,1H3. The number of nitrogens with two attached hydrogens (primary N) is 1. The Morgan fingerprint density at radius 2 is 2.07 bits per heavy atom. The molecule has 1 rings (SSSR count). The van der Waals surface area contributed by atoms with Gasteiger partial charge in [-0.2, -0.15) is 0 Å². The summed E-state index contributed by atoms with van der Waals surface area (Å²) in [5, 5.41) is 1.54. The summed E-state index contributed by atoms with van der Waals surface area (Å²) < 4.78 is 0. The molecule has 0 radical (unpaired) electrons. The van der Waals surface area contributed by atoms with Gasteiger partial charge in [0.05, 0.1) is 0 Å². The van der Waals surface area contributed by atoms with Crippen LogP contribution in [0.4, 0.5) is 0 Å². The number of rotatable bonds is 5. The summed E-state index contributed by atoms with van der Waals surface area (Å²) >= 11 is 12.0. The van der Waals surface area contributed by atoms with Gasteiger partial charge in [-0.3, -0.25) is 0 Å². The zero-order chi connectivity index (χ0) is 11.3. The maximum Gasteiger partial charge on any atom is 0.0439 e. The lowest BCUT2D eigenvalue weighted by Crippen LogP contribution is -2.18. The van der Waals surface area contributed by atoms with Gasteiger partial charge < -0.3 is 5.73 Å². The highest BCUT2D eigenvalue weighted by molar-refractivity contribution is 6.33. The fraction of sp³-hybridized carbons (Fsp3) is 0.500. The third-order valence-corrected chi connectivity index (χ3v) is 3.16. The molecule has 0 amide bonds. The lowest BCUT2D eigenvalue weighted by Gasteiger charge is -2.09. The first-order valence-corrected chi connectivity index (χ1v) is 6.08. The highest BCUT2D eigenvalue weighted by atomic mass is 35.5. The first-order chi connectivity index (χ1) is 7.13. The lowest BCUT2D eigenvalue weighted by molar-refractivity contribution is 0.568. The van der Waals surface area contributed by atoms with Crippen molar-refractivity contribution >= 4 is 23.2 Å². The number of aryl methyl sites for hydroxylation is 1. The molecule has 1 atom stereocenters. The van der Waals surface area contributed by atoms with E-state index in [4.69, 9.17) is 28.9 Å². The molecule has 1 aromatic carbocycles. The van der Waals surface area contributed by atoms with Gasteiger partial charge >= 0.3 is 0 Å². The summed E-state index contributed by atoms with van der Waals surface area (Å²) in [5.74, 6) is 0. The largest absolute Gasteiger partial charge is 0.328 e. The summed E-state index contributed by atoms with van der Waals surface area (Å²) in [7, 11) is 0. The van der Waals surface area contributed by atoms with Crippen molar-refractivity contribution < 1.29 is 0 Å². The zero-order valence-electron chi connectivity index (χ0n) is 8.97. The maximum absolute atomic E-state index is 6.06. The third-order valence-electron chi connectivity index (χ3n) is 2.55. The monoisotopic (exact) mass is 245 g/mol. The van der Waals surface area contributed by atoms with Crippen LogP contribution >= 0.6 is 23.2 Å². The number of benzene rings is 1. The fourth-order valence-corrected chi connectivity index (χ4v) is 1.90. The Hall–Kier alpha value is -0.240. The summed E-state index contributed by atoms with van der Waals surface area (Å²) in [5.41, 5.74) is 6.96. The van der Waals surface area contributed by atoms with Crippen molar-refractivity contribution in [2.45, 2.75) is 38.6 Å². The second-order valence-electron chi connectivity index (χ2n) is 3.80. The van der Waals surface area contributed by atoms with Crippen LogP contribution < -0.4 is 5.73 Å². The molecule has 1 nitrogen and oxygen atoms in total. The van der Waals surface area contributed by atoms with E-state index in [0.29, 0.717) is 6.04 Å². The molecule has 0 bridgehead atoms. The average Bonchev–Trinajstić information content (AvgIpc) is 2.23. The number of hydrogen-bond donors (Lipinski definition) is 1. The molecule has 0 saturated heterocycles. The van der Waals surface area contributed by atoms with Gasteiger partial charge in [0.15, 0.2) is 0 Å². The molecule has 0 aliphatic heterocycles. The quantitative estimate of drug-likeness (QED) is 0.833. The van der Waals surface area contributed by atoms with Gasteiger partial charge in [-0.15, -0.1) is 0 Å².